The number of nitrogens with zero attached hydrogens (tertiary/aromatic N) is 3. The molecule has 1 saturated carbocycles. The van der Waals surface area contributed by atoms with E-state index in [0.29, 0.717) is 11.2 Å². The van der Waals surface area contributed by atoms with Crippen LogP contribution in [0.1, 0.15) is 55.2 Å². The van der Waals surface area contributed by atoms with Gasteiger partial charge in [-0.05, 0) is 61.5 Å². The van der Waals surface area contributed by atoms with Gasteiger partial charge >= 0.3 is 0 Å². The molecule has 164 valence electrons. The molecule has 2 aliphatic rings. The molecule has 6 nitrogen and oxygen atoms in total. The van der Waals surface area contributed by atoms with E-state index in [0.717, 1.165) is 11.4 Å². The maximum absolute atomic E-state index is 13.0. The quantitative estimate of drug-likeness (QED) is 0.543. The summed E-state index contributed by atoms with van der Waals surface area (Å²) in [6.45, 7) is 0.171. The van der Waals surface area contributed by atoms with Gasteiger partial charge < -0.3 is 20.1 Å². The zero-order chi connectivity index (χ0) is 21.9. The Morgan fingerprint density at radius 3 is 2.59 bits per heavy atom. The number of benzene rings is 1. The second-order valence-corrected chi connectivity index (χ2v) is 8.83. The van der Waals surface area contributed by atoms with Crippen LogP contribution in [0.5, 0.6) is 0 Å². The highest BCUT2D eigenvalue weighted by Crippen LogP contribution is 2.41. The van der Waals surface area contributed by atoms with Gasteiger partial charge in [0.2, 0.25) is 5.91 Å². The van der Waals surface area contributed by atoms with Gasteiger partial charge in [0, 0.05) is 29.8 Å². The van der Waals surface area contributed by atoms with E-state index in [4.69, 9.17) is 12.2 Å². The zero-order valence-corrected chi connectivity index (χ0v) is 18.7. The first-order chi connectivity index (χ1) is 15.7. The zero-order valence-electron chi connectivity index (χ0n) is 17.9. The van der Waals surface area contributed by atoms with Gasteiger partial charge in [0.25, 0.3) is 0 Å². The lowest BCUT2D eigenvalue weighted by Gasteiger charge is -2.30. The number of nitrogens with one attached hydrogen (secondary N) is 2. The van der Waals surface area contributed by atoms with Gasteiger partial charge in [-0.3, -0.25) is 9.78 Å². The van der Waals surface area contributed by atoms with Gasteiger partial charge in [-0.25, -0.2) is 0 Å². The summed E-state index contributed by atoms with van der Waals surface area (Å²) in [5.41, 5.74) is 2.88. The third kappa shape index (κ3) is 4.12. The summed E-state index contributed by atoms with van der Waals surface area (Å²) in [5, 5.41) is 7.01. The first-order valence-electron chi connectivity index (χ1n) is 11.2. The predicted molar refractivity (Wildman–Crippen MR) is 129 cm³/mol. The lowest BCUT2D eigenvalue weighted by Crippen LogP contribution is -2.37. The fraction of sp³-hybridized carbons (Fsp3) is 0.320. The van der Waals surface area contributed by atoms with Crippen molar-refractivity contribution in [2.75, 3.05) is 11.9 Å². The van der Waals surface area contributed by atoms with E-state index in [9.17, 15) is 4.79 Å². The van der Waals surface area contributed by atoms with Crippen molar-refractivity contribution in [3.05, 3.63) is 84.4 Å². The van der Waals surface area contributed by atoms with Crippen molar-refractivity contribution in [1.82, 2.24) is 19.8 Å². The van der Waals surface area contributed by atoms with Crippen LogP contribution >= 0.6 is 12.2 Å². The van der Waals surface area contributed by atoms with E-state index in [-0.39, 0.29) is 24.5 Å². The van der Waals surface area contributed by atoms with Crippen molar-refractivity contribution in [1.29, 1.82) is 0 Å². The third-order valence-corrected chi connectivity index (χ3v) is 6.75. The van der Waals surface area contributed by atoms with Gasteiger partial charge in [-0.15, -0.1) is 0 Å². The number of rotatable bonds is 6. The first-order valence-corrected chi connectivity index (χ1v) is 11.6. The van der Waals surface area contributed by atoms with E-state index in [1.165, 1.54) is 31.4 Å². The predicted octanol–water partition coefficient (Wildman–Crippen LogP) is 4.61. The minimum Gasteiger partial charge on any atom is -0.352 e. The van der Waals surface area contributed by atoms with E-state index < -0.39 is 0 Å². The fourth-order valence-electron chi connectivity index (χ4n) is 4.95. The Labute approximate surface area is 193 Å². The number of hydrogen-bond acceptors (Lipinski definition) is 3. The molecule has 2 aromatic heterocycles. The Kier molecular flexibility index (Phi) is 5.90. The summed E-state index contributed by atoms with van der Waals surface area (Å²) in [5.74, 6) is -0.0917. The molecule has 0 spiro atoms. The molecule has 7 heteroatoms. The van der Waals surface area contributed by atoms with Crippen LogP contribution in [-0.2, 0) is 4.79 Å². The Balaban J connectivity index is 1.47. The fourth-order valence-corrected chi connectivity index (χ4v) is 5.25. The maximum Gasteiger partial charge on any atom is 0.244 e. The van der Waals surface area contributed by atoms with Gasteiger partial charge in [0.15, 0.2) is 5.11 Å². The number of carbonyl (C=O) groups excluding carboxylic acids is 1. The smallest absolute Gasteiger partial charge is 0.244 e. The standard InChI is InChI=1S/C25H27N5OS/c31-22(27-18-9-2-1-3-10-18)17-30-24(21-14-8-16-29(21)19-11-4-5-12-19)23(28-25(30)32)20-13-6-7-15-26-20/h1-3,6-10,13-16,19,23-24H,4-5,11-12,17H2,(H,27,31)(H,28,32). The number of hydrogen-bond donors (Lipinski definition) is 2. The molecule has 2 unspecified atom stereocenters. The molecule has 2 fully saturated rings. The molecule has 1 aliphatic heterocycles. The summed E-state index contributed by atoms with van der Waals surface area (Å²) >= 11 is 5.73. The Bertz CT molecular complexity index is 1080. The number of anilines is 1. The maximum atomic E-state index is 13.0. The second-order valence-electron chi connectivity index (χ2n) is 8.45. The Morgan fingerprint density at radius 2 is 1.84 bits per heavy atom. The minimum atomic E-state index is -0.122. The monoisotopic (exact) mass is 445 g/mol. The van der Waals surface area contributed by atoms with E-state index in [1.54, 1.807) is 6.20 Å². The van der Waals surface area contributed by atoms with Crippen molar-refractivity contribution in [2.24, 2.45) is 0 Å². The third-order valence-electron chi connectivity index (χ3n) is 6.40. The lowest BCUT2D eigenvalue weighted by atomic mass is 10.0. The van der Waals surface area contributed by atoms with Crippen LogP contribution in [0.3, 0.4) is 0 Å². The molecular weight excluding hydrogens is 418 g/mol. The average molecular weight is 446 g/mol. The van der Waals surface area contributed by atoms with Crippen LogP contribution in [0.15, 0.2) is 73.1 Å². The number of amides is 1. The highest BCUT2D eigenvalue weighted by molar-refractivity contribution is 7.80. The molecule has 1 amide bonds. The molecule has 3 heterocycles. The van der Waals surface area contributed by atoms with Gasteiger partial charge in [0.05, 0.1) is 17.8 Å². The summed E-state index contributed by atoms with van der Waals surface area (Å²) < 4.78 is 2.39. The number of thiocarbonyl (C=S) groups is 1. The van der Waals surface area contributed by atoms with Crippen molar-refractivity contribution in [2.45, 2.75) is 43.8 Å². The summed E-state index contributed by atoms with van der Waals surface area (Å²) in [4.78, 5) is 19.6. The van der Waals surface area contributed by atoms with Gasteiger partial charge in [-0.2, -0.15) is 0 Å². The number of aromatic nitrogens is 2. The van der Waals surface area contributed by atoms with E-state index in [2.05, 4.69) is 38.5 Å². The highest BCUT2D eigenvalue weighted by atomic mass is 32.1. The molecule has 0 radical (unpaired) electrons. The number of para-hydroxylation sites is 1. The average Bonchev–Trinajstić information content (AvgIpc) is 3.56. The second kappa shape index (κ2) is 9.12. The van der Waals surface area contributed by atoms with Crippen LogP contribution in [0, 0.1) is 0 Å². The van der Waals surface area contributed by atoms with E-state index >= 15 is 0 Å². The summed E-state index contributed by atoms with van der Waals surface area (Å²) in [6, 6.07) is 20.0. The van der Waals surface area contributed by atoms with Gasteiger partial charge in [-0.1, -0.05) is 37.1 Å². The van der Waals surface area contributed by atoms with Crippen LogP contribution in [0.2, 0.25) is 0 Å². The Morgan fingerprint density at radius 1 is 1.06 bits per heavy atom. The van der Waals surface area contributed by atoms with Crippen LogP contribution in [0.25, 0.3) is 0 Å². The Hall–Kier alpha value is -3.19. The van der Waals surface area contributed by atoms with Crippen LogP contribution in [0.4, 0.5) is 5.69 Å². The van der Waals surface area contributed by atoms with Crippen molar-refractivity contribution >= 4 is 28.9 Å². The topological polar surface area (TPSA) is 62.2 Å². The van der Waals surface area contributed by atoms with Gasteiger partial charge in [0.1, 0.15) is 6.54 Å². The molecule has 3 aromatic rings. The summed E-state index contributed by atoms with van der Waals surface area (Å²) in [6.07, 6.45) is 8.87. The molecule has 1 aromatic carbocycles. The molecule has 32 heavy (non-hydrogen) atoms. The van der Waals surface area contributed by atoms with Crippen molar-refractivity contribution < 1.29 is 4.79 Å². The molecule has 0 bridgehead atoms. The largest absolute Gasteiger partial charge is 0.352 e. The lowest BCUT2D eigenvalue weighted by molar-refractivity contribution is -0.116. The van der Waals surface area contributed by atoms with Crippen LogP contribution in [-0.4, -0.2) is 32.0 Å². The molecule has 2 N–H and O–H groups in total. The van der Waals surface area contributed by atoms with Crippen molar-refractivity contribution in [3.63, 3.8) is 0 Å². The molecule has 5 rings (SSSR count). The number of carbonyl (C=O) groups is 1. The van der Waals surface area contributed by atoms with Crippen molar-refractivity contribution in [3.8, 4) is 0 Å². The molecule has 1 aliphatic carbocycles. The minimum absolute atomic E-state index is 0.0917. The molecule has 2 atom stereocenters. The summed E-state index contributed by atoms with van der Waals surface area (Å²) in [7, 11) is 0. The van der Waals surface area contributed by atoms with E-state index in [1.807, 2.05) is 53.4 Å². The molecular formula is C25H27N5OS. The normalized spacial score (nSPS) is 21.0. The first kappa shape index (κ1) is 20.7. The number of pyridine rings is 1. The SMILES string of the molecule is O=C(CN1C(=S)NC(c2ccccn2)C1c1cccn1C1CCCC1)Nc1ccccc1. The van der Waals surface area contributed by atoms with Crippen LogP contribution < -0.4 is 10.6 Å². The highest BCUT2D eigenvalue weighted by Gasteiger charge is 2.42. The molecule has 1 saturated heterocycles.